The zero-order valence-electron chi connectivity index (χ0n) is 13.6. The lowest BCUT2D eigenvalue weighted by molar-refractivity contribution is -0.118. The van der Waals surface area contributed by atoms with Crippen LogP contribution >= 0.6 is 11.8 Å². The van der Waals surface area contributed by atoms with Gasteiger partial charge in [-0.3, -0.25) is 4.79 Å². The number of sulfonamides is 1. The molecule has 0 bridgehead atoms. The molecule has 1 aromatic rings. The highest BCUT2D eigenvalue weighted by atomic mass is 32.2. The molecule has 1 amide bonds. The molecule has 0 heterocycles. The Balaban J connectivity index is 3.16. The van der Waals surface area contributed by atoms with Crippen LogP contribution in [0.15, 0.2) is 28.0 Å². The van der Waals surface area contributed by atoms with Crippen molar-refractivity contribution in [2.75, 3.05) is 11.6 Å². The minimum absolute atomic E-state index is 0.139. The number of nitrogens with one attached hydrogen (secondary N) is 2. The fraction of sp³-hybridized carbons (Fsp3) is 0.533. The lowest BCUT2D eigenvalue weighted by Gasteiger charge is -2.15. The Hall–Kier alpha value is -1.05. The van der Waals surface area contributed by atoms with Crippen LogP contribution < -0.4 is 10.0 Å². The van der Waals surface area contributed by atoms with Crippen LogP contribution in [0.2, 0.25) is 0 Å². The largest absolute Gasteiger partial charge is 0.325 e. The fourth-order valence-corrected chi connectivity index (χ4v) is 3.53. The molecule has 1 atom stereocenters. The molecule has 0 saturated carbocycles. The fourth-order valence-electron chi connectivity index (χ4n) is 1.65. The molecule has 0 spiro atoms. The number of rotatable bonds is 7. The van der Waals surface area contributed by atoms with E-state index in [0.29, 0.717) is 12.1 Å². The molecule has 0 saturated heterocycles. The minimum atomic E-state index is -3.59. The van der Waals surface area contributed by atoms with E-state index in [4.69, 9.17) is 0 Å². The van der Waals surface area contributed by atoms with Crippen LogP contribution in [0.3, 0.4) is 0 Å². The van der Waals surface area contributed by atoms with Crippen molar-refractivity contribution in [1.82, 2.24) is 4.72 Å². The molecule has 1 rings (SSSR count). The molecule has 0 aliphatic heterocycles. The molecular weight excluding hydrogens is 320 g/mol. The third-order valence-electron chi connectivity index (χ3n) is 3.23. The Bertz CT molecular complexity index is 628. The Morgan fingerprint density at radius 3 is 2.41 bits per heavy atom. The van der Waals surface area contributed by atoms with Crippen molar-refractivity contribution in [3.8, 4) is 0 Å². The van der Waals surface area contributed by atoms with E-state index in [9.17, 15) is 13.2 Å². The van der Waals surface area contributed by atoms with Gasteiger partial charge in [0.15, 0.2) is 0 Å². The second-order valence-corrected chi connectivity index (χ2v) is 8.00. The maximum absolute atomic E-state index is 12.3. The summed E-state index contributed by atoms with van der Waals surface area (Å²) in [5.41, 5.74) is 0.526. The first kappa shape index (κ1) is 19.0. The highest BCUT2D eigenvalue weighted by molar-refractivity contribution is 7.98. The van der Waals surface area contributed by atoms with Crippen molar-refractivity contribution in [3.63, 3.8) is 0 Å². The van der Waals surface area contributed by atoms with Gasteiger partial charge in [-0.1, -0.05) is 20.8 Å². The van der Waals surface area contributed by atoms with Gasteiger partial charge in [0.1, 0.15) is 0 Å². The minimum Gasteiger partial charge on any atom is -0.325 e. The van der Waals surface area contributed by atoms with E-state index >= 15 is 0 Å². The Morgan fingerprint density at radius 1 is 1.27 bits per heavy atom. The van der Waals surface area contributed by atoms with Crippen molar-refractivity contribution < 1.29 is 13.2 Å². The Labute approximate surface area is 137 Å². The van der Waals surface area contributed by atoms with Crippen LogP contribution in [0, 0.1) is 5.92 Å². The van der Waals surface area contributed by atoms with Crippen LogP contribution in [-0.4, -0.2) is 26.6 Å². The monoisotopic (exact) mass is 344 g/mol. The normalized spacial score (nSPS) is 13.2. The van der Waals surface area contributed by atoms with Crippen LogP contribution in [0.25, 0.3) is 0 Å². The number of hydrogen-bond donors (Lipinski definition) is 2. The first-order valence-corrected chi connectivity index (χ1v) is 9.93. The maximum atomic E-state index is 12.3. The van der Waals surface area contributed by atoms with Crippen LogP contribution in [0.1, 0.15) is 34.1 Å². The molecule has 0 fully saturated rings. The van der Waals surface area contributed by atoms with Gasteiger partial charge in [0.2, 0.25) is 15.9 Å². The summed E-state index contributed by atoms with van der Waals surface area (Å²) in [6.07, 6.45) is 2.59. The third kappa shape index (κ3) is 5.00. The molecule has 1 aromatic carbocycles. The summed E-state index contributed by atoms with van der Waals surface area (Å²) in [6.45, 7) is 7.31. The number of carbonyl (C=O) groups is 1. The molecule has 0 aliphatic rings. The van der Waals surface area contributed by atoms with Gasteiger partial charge in [0, 0.05) is 16.9 Å². The van der Waals surface area contributed by atoms with Crippen molar-refractivity contribution >= 4 is 33.4 Å². The summed E-state index contributed by atoms with van der Waals surface area (Å²) in [6, 6.07) is 4.64. The van der Waals surface area contributed by atoms with Crippen molar-refractivity contribution in [3.05, 3.63) is 18.2 Å². The average Bonchev–Trinajstić information content (AvgIpc) is 2.46. The summed E-state index contributed by atoms with van der Waals surface area (Å²) < 4.78 is 27.3. The molecular formula is C15H24N2O3S2. The topological polar surface area (TPSA) is 75.3 Å². The van der Waals surface area contributed by atoms with Crippen LogP contribution in [-0.2, 0) is 14.8 Å². The quantitative estimate of drug-likeness (QED) is 0.745. The molecule has 0 unspecified atom stereocenters. The predicted molar refractivity (Wildman–Crippen MR) is 91.8 cm³/mol. The van der Waals surface area contributed by atoms with Crippen molar-refractivity contribution in [2.24, 2.45) is 5.92 Å². The van der Waals surface area contributed by atoms with Crippen LogP contribution in [0.5, 0.6) is 0 Å². The van der Waals surface area contributed by atoms with E-state index in [2.05, 4.69) is 10.0 Å². The molecule has 5 nitrogen and oxygen atoms in total. The molecule has 0 aliphatic carbocycles. The number of carbonyl (C=O) groups excluding carboxylic acids is 1. The summed E-state index contributed by atoms with van der Waals surface area (Å²) >= 11 is 1.46. The van der Waals surface area contributed by atoms with E-state index in [1.54, 1.807) is 26.0 Å². The van der Waals surface area contributed by atoms with Gasteiger partial charge in [0.05, 0.1) is 10.6 Å². The molecule has 124 valence electrons. The number of thioether (sulfide) groups is 1. The van der Waals surface area contributed by atoms with Gasteiger partial charge >= 0.3 is 0 Å². The van der Waals surface area contributed by atoms with E-state index < -0.39 is 10.0 Å². The molecule has 0 aromatic heterocycles. The Morgan fingerprint density at radius 2 is 1.91 bits per heavy atom. The first-order valence-electron chi connectivity index (χ1n) is 7.22. The second kappa shape index (κ2) is 7.99. The van der Waals surface area contributed by atoms with Gasteiger partial charge in [-0.15, -0.1) is 11.8 Å². The van der Waals surface area contributed by atoms with Gasteiger partial charge in [-0.05, 0) is 37.8 Å². The van der Waals surface area contributed by atoms with E-state index in [1.165, 1.54) is 17.8 Å². The molecule has 2 N–H and O–H groups in total. The van der Waals surface area contributed by atoms with E-state index in [-0.39, 0.29) is 22.8 Å². The smallest absolute Gasteiger partial charge is 0.240 e. The highest BCUT2D eigenvalue weighted by Crippen LogP contribution is 2.28. The zero-order chi connectivity index (χ0) is 16.9. The average molecular weight is 345 g/mol. The number of amides is 1. The predicted octanol–water partition coefficient (Wildman–Crippen LogP) is 3.08. The van der Waals surface area contributed by atoms with Gasteiger partial charge in [0.25, 0.3) is 0 Å². The van der Waals surface area contributed by atoms with E-state index in [0.717, 1.165) is 4.90 Å². The lowest BCUT2D eigenvalue weighted by atomic mass is 10.2. The third-order valence-corrected chi connectivity index (χ3v) is 5.62. The van der Waals surface area contributed by atoms with Crippen molar-refractivity contribution in [1.29, 1.82) is 0 Å². The lowest BCUT2D eigenvalue weighted by Crippen LogP contribution is -2.32. The van der Waals surface area contributed by atoms with Crippen LogP contribution in [0.4, 0.5) is 5.69 Å². The van der Waals surface area contributed by atoms with Gasteiger partial charge < -0.3 is 5.32 Å². The van der Waals surface area contributed by atoms with E-state index in [1.807, 2.05) is 20.1 Å². The van der Waals surface area contributed by atoms with Crippen molar-refractivity contribution in [2.45, 2.75) is 49.9 Å². The maximum Gasteiger partial charge on any atom is 0.240 e. The first-order chi connectivity index (χ1) is 10.2. The summed E-state index contributed by atoms with van der Waals surface area (Å²) in [4.78, 5) is 12.9. The Kier molecular flexibility index (Phi) is 6.90. The zero-order valence-corrected chi connectivity index (χ0v) is 15.3. The summed E-state index contributed by atoms with van der Waals surface area (Å²) in [7, 11) is -3.59. The number of hydrogen-bond acceptors (Lipinski definition) is 4. The number of anilines is 1. The molecule has 22 heavy (non-hydrogen) atoms. The standard InChI is InChI=1S/C15H24N2O3S2/c1-6-11(4)17-22(19,20)12-7-8-14(21-5)13(9-12)16-15(18)10(2)3/h7-11,17H,6H2,1-5H3,(H,16,18)/t11-/m1/s1. The summed E-state index contributed by atoms with van der Waals surface area (Å²) in [5, 5.41) is 2.79. The number of benzene rings is 1. The second-order valence-electron chi connectivity index (χ2n) is 5.44. The highest BCUT2D eigenvalue weighted by Gasteiger charge is 2.19. The molecule has 7 heteroatoms. The molecule has 0 radical (unpaired) electrons. The van der Waals surface area contributed by atoms with Gasteiger partial charge in [-0.2, -0.15) is 0 Å². The summed E-state index contributed by atoms with van der Waals surface area (Å²) in [5.74, 6) is -0.312. The van der Waals surface area contributed by atoms with Gasteiger partial charge in [-0.25, -0.2) is 13.1 Å². The SMILES string of the molecule is CC[C@@H](C)NS(=O)(=O)c1ccc(SC)c(NC(=O)C(C)C)c1.